The maximum atomic E-state index is 11.8. The molecule has 21 heavy (non-hydrogen) atoms. The molecule has 0 bridgehead atoms. The highest BCUT2D eigenvalue weighted by atomic mass is 16.5. The number of nitrogens with one attached hydrogen (secondary N) is 1. The second-order valence-electron chi connectivity index (χ2n) is 4.92. The Kier molecular flexibility index (Phi) is 4.67. The topological polar surface area (TPSA) is 84.9 Å². The Bertz CT molecular complexity index is 543. The highest BCUT2D eigenvalue weighted by Gasteiger charge is 2.48. The van der Waals surface area contributed by atoms with Crippen LogP contribution in [-0.4, -0.2) is 30.7 Å². The molecule has 0 saturated heterocycles. The van der Waals surface area contributed by atoms with Crippen molar-refractivity contribution in [3.63, 3.8) is 0 Å². The Balaban J connectivity index is 1.93. The minimum atomic E-state index is -0.904. The number of ether oxygens (including phenoxy) is 2. The lowest BCUT2D eigenvalue weighted by Crippen LogP contribution is -2.25. The van der Waals surface area contributed by atoms with E-state index in [0.29, 0.717) is 31.1 Å². The first-order valence-electron chi connectivity index (χ1n) is 6.87. The summed E-state index contributed by atoms with van der Waals surface area (Å²) in [7, 11) is 1.57. The highest BCUT2D eigenvalue weighted by Crippen LogP contribution is 2.38. The lowest BCUT2D eigenvalue weighted by atomic mass is 10.2. The molecule has 1 aliphatic rings. The largest absolute Gasteiger partial charge is 0.493 e. The van der Waals surface area contributed by atoms with Crippen LogP contribution in [0.5, 0.6) is 11.5 Å². The first kappa shape index (κ1) is 15.2. The number of hydrogen-bond acceptors (Lipinski definition) is 4. The third-order valence-electron chi connectivity index (χ3n) is 3.44. The lowest BCUT2D eigenvalue weighted by molar-refractivity contribution is -0.140. The van der Waals surface area contributed by atoms with Gasteiger partial charge in [-0.25, -0.2) is 0 Å². The summed E-state index contributed by atoms with van der Waals surface area (Å²) in [5.41, 5.74) is 0.875. The van der Waals surface area contributed by atoms with Crippen LogP contribution in [-0.2, 0) is 16.1 Å². The molecule has 0 spiro atoms. The minimum absolute atomic E-state index is 0.212. The maximum absolute atomic E-state index is 11.8. The Labute approximate surface area is 123 Å². The third-order valence-corrected chi connectivity index (χ3v) is 3.44. The molecule has 1 amide bonds. The van der Waals surface area contributed by atoms with Gasteiger partial charge in [0.05, 0.1) is 25.6 Å². The van der Waals surface area contributed by atoms with Gasteiger partial charge in [0, 0.05) is 6.54 Å². The van der Waals surface area contributed by atoms with E-state index < -0.39 is 17.8 Å². The van der Waals surface area contributed by atoms with Gasteiger partial charge >= 0.3 is 5.97 Å². The molecule has 6 heteroatoms. The van der Waals surface area contributed by atoms with Crippen LogP contribution in [0.25, 0.3) is 0 Å². The van der Waals surface area contributed by atoms with Gasteiger partial charge in [0.1, 0.15) is 0 Å². The Morgan fingerprint density at radius 1 is 1.33 bits per heavy atom. The van der Waals surface area contributed by atoms with Gasteiger partial charge < -0.3 is 19.9 Å². The smallest absolute Gasteiger partial charge is 0.307 e. The van der Waals surface area contributed by atoms with Gasteiger partial charge in [-0.2, -0.15) is 0 Å². The maximum Gasteiger partial charge on any atom is 0.307 e. The minimum Gasteiger partial charge on any atom is -0.493 e. The van der Waals surface area contributed by atoms with Crippen LogP contribution >= 0.6 is 0 Å². The fraction of sp³-hybridized carbons (Fsp3) is 0.467. The van der Waals surface area contributed by atoms with Crippen LogP contribution in [0.2, 0.25) is 0 Å². The highest BCUT2D eigenvalue weighted by molar-refractivity contribution is 5.89. The van der Waals surface area contributed by atoms with Crippen molar-refractivity contribution < 1.29 is 24.2 Å². The molecular weight excluding hydrogens is 274 g/mol. The molecule has 2 atom stereocenters. The van der Waals surface area contributed by atoms with Crippen molar-refractivity contribution in [2.45, 2.75) is 19.9 Å². The Morgan fingerprint density at radius 3 is 2.67 bits per heavy atom. The third kappa shape index (κ3) is 3.65. The monoisotopic (exact) mass is 293 g/mol. The molecule has 2 rings (SSSR count). The zero-order chi connectivity index (χ0) is 15.4. The summed E-state index contributed by atoms with van der Waals surface area (Å²) in [5, 5.41) is 11.6. The molecule has 1 aromatic rings. The number of carboxylic acid groups (broad SMARTS) is 1. The molecule has 6 nitrogen and oxygen atoms in total. The molecule has 0 aromatic heterocycles. The van der Waals surface area contributed by atoms with Crippen molar-refractivity contribution in [2.75, 3.05) is 13.7 Å². The summed E-state index contributed by atoms with van der Waals surface area (Å²) in [6.45, 7) is 2.74. The Hall–Kier alpha value is -2.24. The molecule has 0 aliphatic heterocycles. The number of rotatable bonds is 7. The fourth-order valence-corrected chi connectivity index (χ4v) is 2.18. The fourth-order valence-electron chi connectivity index (χ4n) is 2.18. The number of amides is 1. The average molecular weight is 293 g/mol. The summed E-state index contributed by atoms with van der Waals surface area (Å²) < 4.78 is 10.7. The molecular formula is C15H19NO5. The molecule has 0 unspecified atom stereocenters. The zero-order valence-electron chi connectivity index (χ0n) is 12.1. The summed E-state index contributed by atoms with van der Waals surface area (Å²) >= 11 is 0. The standard InChI is InChI=1S/C15H19NO5/c1-3-21-13-6-9(4-5-12(13)20-2)8-16-14(17)10-7-11(10)15(18)19/h4-6,10-11H,3,7-8H2,1-2H3,(H,16,17)(H,18,19)/t10-,11+/m0/s1. The number of carboxylic acids is 1. The Morgan fingerprint density at radius 2 is 2.10 bits per heavy atom. The summed E-state index contributed by atoms with van der Waals surface area (Å²) in [6.07, 6.45) is 0.425. The second-order valence-corrected chi connectivity index (χ2v) is 4.92. The van der Waals surface area contributed by atoms with Gasteiger partial charge in [-0.15, -0.1) is 0 Å². The summed E-state index contributed by atoms with van der Waals surface area (Å²) in [4.78, 5) is 22.5. The predicted octanol–water partition coefficient (Wildman–Crippen LogP) is 1.43. The van der Waals surface area contributed by atoms with E-state index in [1.54, 1.807) is 13.2 Å². The van der Waals surface area contributed by atoms with Crippen LogP contribution in [0, 0.1) is 11.8 Å². The van der Waals surface area contributed by atoms with Crippen molar-refractivity contribution in [1.29, 1.82) is 0 Å². The number of carbonyl (C=O) groups is 2. The van der Waals surface area contributed by atoms with Gasteiger partial charge in [-0.05, 0) is 31.0 Å². The van der Waals surface area contributed by atoms with Gasteiger partial charge in [0.15, 0.2) is 11.5 Å². The van der Waals surface area contributed by atoms with E-state index >= 15 is 0 Å². The summed E-state index contributed by atoms with van der Waals surface area (Å²) in [5.74, 6) is -0.775. The lowest BCUT2D eigenvalue weighted by Gasteiger charge is -2.11. The van der Waals surface area contributed by atoms with Crippen molar-refractivity contribution in [2.24, 2.45) is 11.8 Å². The number of carbonyl (C=O) groups excluding carboxylic acids is 1. The van der Waals surface area contributed by atoms with E-state index in [4.69, 9.17) is 14.6 Å². The van der Waals surface area contributed by atoms with Crippen LogP contribution in [0.15, 0.2) is 18.2 Å². The first-order chi connectivity index (χ1) is 10.1. The van der Waals surface area contributed by atoms with Crippen molar-refractivity contribution in [1.82, 2.24) is 5.32 Å². The van der Waals surface area contributed by atoms with Crippen LogP contribution in [0.3, 0.4) is 0 Å². The molecule has 114 valence electrons. The molecule has 1 fully saturated rings. The number of aliphatic carboxylic acids is 1. The van der Waals surface area contributed by atoms with Crippen LogP contribution < -0.4 is 14.8 Å². The second kappa shape index (κ2) is 6.47. The van der Waals surface area contributed by atoms with Crippen molar-refractivity contribution >= 4 is 11.9 Å². The number of benzene rings is 1. The van der Waals surface area contributed by atoms with Gasteiger partial charge in [0.25, 0.3) is 0 Å². The summed E-state index contributed by atoms with van der Waals surface area (Å²) in [6, 6.07) is 5.43. The molecule has 2 N–H and O–H groups in total. The van der Waals surface area contributed by atoms with E-state index in [-0.39, 0.29) is 5.91 Å². The van der Waals surface area contributed by atoms with E-state index in [9.17, 15) is 9.59 Å². The molecule has 1 saturated carbocycles. The van der Waals surface area contributed by atoms with Crippen LogP contribution in [0.1, 0.15) is 18.9 Å². The van der Waals surface area contributed by atoms with E-state index in [0.717, 1.165) is 5.56 Å². The van der Waals surface area contributed by atoms with E-state index in [2.05, 4.69) is 5.32 Å². The van der Waals surface area contributed by atoms with Crippen LogP contribution in [0.4, 0.5) is 0 Å². The van der Waals surface area contributed by atoms with Gasteiger partial charge in [0.2, 0.25) is 5.91 Å². The zero-order valence-corrected chi connectivity index (χ0v) is 12.1. The van der Waals surface area contributed by atoms with Crippen molar-refractivity contribution in [3.8, 4) is 11.5 Å². The number of methoxy groups -OCH3 is 1. The normalized spacial score (nSPS) is 19.7. The molecule has 0 heterocycles. The van der Waals surface area contributed by atoms with Gasteiger partial charge in [-0.1, -0.05) is 6.07 Å². The molecule has 1 aliphatic carbocycles. The molecule has 1 aromatic carbocycles. The predicted molar refractivity (Wildman–Crippen MR) is 75.2 cm³/mol. The average Bonchev–Trinajstić information content (AvgIpc) is 3.26. The quantitative estimate of drug-likeness (QED) is 0.794. The van der Waals surface area contributed by atoms with E-state index in [1.807, 2.05) is 19.1 Å². The first-order valence-corrected chi connectivity index (χ1v) is 6.87. The molecule has 0 radical (unpaired) electrons. The SMILES string of the molecule is CCOc1cc(CNC(=O)[C@H]2C[C@H]2C(=O)O)ccc1OC. The van der Waals surface area contributed by atoms with Gasteiger partial charge in [-0.3, -0.25) is 9.59 Å². The van der Waals surface area contributed by atoms with Crippen molar-refractivity contribution in [3.05, 3.63) is 23.8 Å². The van der Waals surface area contributed by atoms with E-state index in [1.165, 1.54) is 0 Å². The number of hydrogen-bond donors (Lipinski definition) is 2.